The molecule has 0 amide bonds. The van der Waals surface area contributed by atoms with Crippen molar-refractivity contribution < 1.29 is 14.8 Å². The predicted octanol–water partition coefficient (Wildman–Crippen LogP) is 3.36. The lowest BCUT2D eigenvalue weighted by atomic mass is 10.2. The van der Waals surface area contributed by atoms with Crippen LogP contribution in [0.2, 0.25) is 0 Å². The first-order chi connectivity index (χ1) is 9.92. The molecule has 2 rings (SSSR count). The standard InChI is InChI=1S/C13H13N3O4S/c1-3-9-7(2)21-13(14-9)15-10-6-8(12(17)18)4-5-11(10)16(19)20/h4-6H,3H2,1-2H3,(H,14,15)(H,17,18). The van der Waals surface area contributed by atoms with Gasteiger partial charge in [-0.2, -0.15) is 0 Å². The molecule has 8 heteroatoms. The molecule has 2 aromatic rings. The van der Waals surface area contributed by atoms with Gasteiger partial charge in [0.15, 0.2) is 5.13 Å². The number of aromatic nitrogens is 1. The number of thiazole rings is 1. The zero-order valence-corrected chi connectivity index (χ0v) is 12.2. The molecule has 0 radical (unpaired) electrons. The number of nitro benzene ring substituents is 1. The molecule has 0 aliphatic heterocycles. The number of carbonyl (C=O) groups is 1. The van der Waals surface area contributed by atoms with Crippen molar-refractivity contribution >= 4 is 33.8 Å². The summed E-state index contributed by atoms with van der Waals surface area (Å²) in [6.45, 7) is 3.89. The van der Waals surface area contributed by atoms with E-state index in [0.29, 0.717) is 5.13 Å². The summed E-state index contributed by atoms with van der Waals surface area (Å²) in [7, 11) is 0. The van der Waals surface area contributed by atoms with Crippen LogP contribution in [0.25, 0.3) is 0 Å². The Morgan fingerprint density at radius 3 is 2.76 bits per heavy atom. The fourth-order valence-corrected chi connectivity index (χ4v) is 2.77. The van der Waals surface area contributed by atoms with Crippen molar-refractivity contribution in [2.24, 2.45) is 0 Å². The van der Waals surface area contributed by atoms with Crippen molar-refractivity contribution in [2.45, 2.75) is 20.3 Å². The summed E-state index contributed by atoms with van der Waals surface area (Å²) in [6.07, 6.45) is 0.765. The Kier molecular flexibility index (Phi) is 4.18. The van der Waals surface area contributed by atoms with Crippen LogP contribution in [0.5, 0.6) is 0 Å². The van der Waals surface area contributed by atoms with Crippen molar-refractivity contribution in [3.8, 4) is 0 Å². The third-order valence-electron chi connectivity index (χ3n) is 2.91. The number of carboxylic acids is 1. The molecule has 0 unspecified atom stereocenters. The SMILES string of the molecule is CCc1nc(Nc2cc(C(=O)O)ccc2[N+](=O)[O-])sc1C. The minimum Gasteiger partial charge on any atom is -0.478 e. The van der Waals surface area contributed by atoms with Crippen molar-refractivity contribution in [1.82, 2.24) is 4.98 Å². The molecule has 0 saturated heterocycles. The topological polar surface area (TPSA) is 105 Å². The van der Waals surface area contributed by atoms with E-state index in [1.807, 2.05) is 13.8 Å². The lowest BCUT2D eigenvalue weighted by Gasteiger charge is -2.05. The average molecular weight is 307 g/mol. The van der Waals surface area contributed by atoms with Gasteiger partial charge in [-0.05, 0) is 25.5 Å². The van der Waals surface area contributed by atoms with Gasteiger partial charge < -0.3 is 10.4 Å². The zero-order chi connectivity index (χ0) is 15.6. The second-order valence-corrected chi connectivity index (χ2v) is 5.50. The van der Waals surface area contributed by atoms with Crippen molar-refractivity contribution in [3.63, 3.8) is 0 Å². The van der Waals surface area contributed by atoms with E-state index in [4.69, 9.17) is 5.11 Å². The van der Waals surface area contributed by atoms with Crippen LogP contribution in [-0.4, -0.2) is 21.0 Å². The van der Waals surface area contributed by atoms with E-state index in [1.54, 1.807) is 0 Å². The Balaban J connectivity index is 2.42. The Morgan fingerprint density at radius 1 is 1.52 bits per heavy atom. The van der Waals surface area contributed by atoms with Crippen LogP contribution in [0.4, 0.5) is 16.5 Å². The summed E-state index contributed by atoms with van der Waals surface area (Å²) in [4.78, 5) is 26.8. The van der Waals surface area contributed by atoms with Gasteiger partial charge in [0, 0.05) is 10.9 Å². The van der Waals surface area contributed by atoms with Crippen LogP contribution in [-0.2, 0) is 6.42 Å². The fraction of sp³-hybridized carbons (Fsp3) is 0.231. The molecule has 1 aromatic carbocycles. The molecule has 0 aliphatic rings. The van der Waals surface area contributed by atoms with Crippen LogP contribution in [0.1, 0.15) is 27.9 Å². The maximum absolute atomic E-state index is 11.0. The maximum Gasteiger partial charge on any atom is 0.335 e. The first kappa shape index (κ1) is 14.9. The van der Waals surface area contributed by atoms with E-state index < -0.39 is 10.9 Å². The molecule has 7 nitrogen and oxygen atoms in total. The highest BCUT2D eigenvalue weighted by Crippen LogP contribution is 2.31. The molecular weight excluding hydrogens is 294 g/mol. The van der Waals surface area contributed by atoms with E-state index >= 15 is 0 Å². The number of anilines is 2. The Morgan fingerprint density at radius 2 is 2.24 bits per heavy atom. The number of aromatic carboxylic acids is 1. The first-order valence-electron chi connectivity index (χ1n) is 6.17. The monoisotopic (exact) mass is 307 g/mol. The maximum atomic E-state index is 11.0. The Hall–Kier alpha value is -2.48. The second kappa shape index (κ2) is 5.88. The minimum absolute atomic E-state index is 0.0212. The summed E-state index contributed by atoms with van der Waals surface area (Å²) in [5, 5.41) is 23.4. The molecule has 0 atom stereocenters. The molecule has 1 aromatic heterocycles. The van der Waals surface area contributed by atoms with Gasteiger partial charge in [-0.1, -0.05) is 6.92 Å². The number of aryl methyl sites for hydroxylation is 2. The van der Waals surface area contributed by atoms with Crippen LogP contribution >= 0.6 is 11.3 Å². The van der Waals surface area contributed by atoms with Gasteiger partial charge in [0.25, 0.3) is 5.69 Å². The van der Waals surface area contributed by atoms with Crippen LogP contribution < -0.4 is 5.32 Å². The third kappa shape index (κ3) is 3.16. The third-order valence-corrected chi connectivity index (χ3v) is 3.84. The molecule has 0 spiro atoms. The molecule has 0 fully saturated rings. The van der Waals surface area contributed by atoms with E-state index in [9.17, 15) is 14.9 Å². The van der Waals surface area contributed by atoms with E-state index in [1.165, 1.54) is 29.5 Å². The number of carboxylic acid groups (broad SMARTS) is 1. The quantitative estimate of drug-likeness (QED) is 0.648. The second-order valence-electron chi connectivity index (χ2n) is 4.29. The van der Waals surface area contributed by atoms with Crippen LogP contribution in [0.15, 0.2) is 18.2 Å². The molecule has 2 N–H and O–H groups in total. The summed E-state index contributed by atoms with van der Waals surface area (Å²) in [5.74, 6) is -1.14. The molecule has 110 valence electrons. The van der Waals surface area contributed by atoms with Crippen LogP contribution in [0, 0.1) is 17.0 Å². The molecule has 0 aliphatic carbocycles. The van der Waals surface area contributed by atoms with Crippen molar-refractivity contribution in [3.05, 3.63) is 44.4 Å². The summed E-state index contributed by atoms with van der Waals surface area (Å²) < 4.78 is 0. The summed E-state index contributed by atoms with van der Waals surface area (Å²) >= 11 is 1.38. The number of nitro groups is 1. The normalized spacial score (nSPS) is 10.4. The van der Waals surface area contributed by atoms with Gasteiger partial charge >= 0.3 is 5.97 Å². The predicted molar refractivity (Wildman–Crippen MR) is 79.6 cm³/mol. The number of nitrogens with one attached hydrogen (secondary N) is 1. The largest absolute Gasteiger partial charge is 0.478 e. The molecular formula is C13H13N3O4S. The Bertz CT molecular complexity index is 711. The van der Waals surface area contributed by atoms with Crippen molar-refractivity contribution in [1.29, 1.82) is 0 Å². The highest BCUT2D eigenvalue weighted by atomic mass is 32.1. The van der Waals surface area contributed by atoms with Gasteiger partial charge in [0.05, 0.1) is 16.2 Å². The lowest BCUT2D eigenvalue weighted by molar-refractivity contribution is -0.383. The molecule has 0 saturated carbocycles. The highest BCUT2D eigenvalue weighted by Gasteiger charge is 2.18. The van der Waals surface area contributed by atoms with E-state index in [-0.39, 0.29) is 16.9 Å². The van der Waals surface area contributed by atoms with Crippen molar-refractivity contribution in [2.75, 3.05) is 5.32 Å². The molecule has 0 bridgehead atoms. The van der Waals surface area contributed by atoms with Crippen LogP contribution in [0.3, 0.4) is 0 Å². The molecule has 21 heavy (non-hydrogen) atoms. The minimum atomic E-state index is -1.14. The van der Waals surface area contributed by atoms with Gasteiger partial charge in [0.1, 0.15) is 5.69 Å². The smallest absolute Gasteiger partial charge is 0.335 e. The molecule has 1 heterocycles. The van der Waals surface area contributed by atoms with E-state index in [0.717, 1.165) is 17.0 Å². The number of hydrogen-bond acceptors (Lipinski definition) is 6. The number of hydrogen-bond donors (Lipinski definition) is 2. The Labute approximate surface area is 124 Å². The average Bonchev–Trinajstić information content (AvgIpc) is 2.78. The number of benzene rings is 1. The number of nitrogens with zero attached hydrogens (tertiary/aromatic N) is 2. The first-order valence-corrected chi connectivity index (χ1v) is 6.99. The lowest BCUT2D eigenvalue weighted by Crippen LogP contribution is -2.01. The fourth-order valence-electron chi connectivity index (χ4n) is 1.85. The van der Waals surface area contributed by atoms with E-state index in [2.05, 4.69) is 10.3 Å². The van der Waals surface area contributed by atoms with Gasteiger partial charge in [-0.3, -0.25) is 10.1 Å². The zero-order valence-electron chi connectivity index (χ0n) is 11.4. The summed E-state index contributed by atoms with van der Waals surface area (Å²) in [5.41, 5.74) is 0.828. The van der Waals surface area contributed by atoms with Gasteiger partial charge in [0.2, 0.25) is 0 Å². The summed E-state index contributed by atoms with van der Waals surface area (Å²) in [6, 6.07) is 3.62. The number of rotatable bonds is 5. The van der Waals surface area contributed by atoms with Gasteiger partial charge in [-0.15, -0.1) is 11.3 Å². The highest BCUT2D eigenvalue weighted by molar-refractivity contribution is 7.15. The van der Waals surface area contributed by atoms with Gasteiger partial charge in [-0.25, -0.2) is 9.78 Å².